The zero-order chi connectivity index (χ0) is 12.4. The molecule has 0 aromatic carbocycles. The lowest BCUT2D eigenvalue weighted by Crippen LogP contribution is -2.17. The van der Waals surface area contributed by atoms with Crippen LogP contribution in [0.15, 0.2) is 11.6 Å². The molecule has 0 aliphatic rings. The molecule has 0 saturated heterocycles. The van der Waals surface area contributed by atoms with Gasteiger partial charge < -0.3 is 4.74 Å². The zero-order valence-electron chi connectivity index (χ0n) is 10.1. The van der Waals surface area contributed by atoms with Gasteiger partial charge in [0.2, 0.25) is 0 Å². The van der Waals surface area contributed by atoms with Gasteiger partial charge in [-0.2, -0.15) is 13.2 Å². The van der Waals surface area contributed by atoms with Crippen LogP contribution >= 0.6 is 0 Å². The van der Waals surface area contributed by atoms with Crippen LogP contribution in [0.5, 0.6) is 0 Å². The van der Waals surface area contributed by atoms with E-state index in [9.17, 15) is 13.2 Å². The van der Waals surface area contributed by atoms with E-state index >= 15 is 0 Å². The van der Waals surface area contributed by atoms with E-state index in [1.807, 2.05) is 13.0 Å². The molecule has 4 heteroatoms. The molecule has 0 aliphatic carbocycles. The van der Waals surface area contributed by atoms with Crippen molar-refractivity contribution < 1.29 is 17.9 Å². The monoisotopic (exact) mass is 238 g/mol. The Morgan fingerprint density at radius 1 is 1.25 bits per heavy atom. The smallest absolute Gasteiger partial charge is 0.372 e. The summed E-state index contributed by atoms with van der Waals surface area (Å²) in [4.78, 5) is 0. The van der Waals surface area contributed by atoms with E-state index in [0.29, 0.717) is 6.42 Å². The fourth-order valence-electron chi connectivity index (χ4n) is 1.33. The lowest BCUT2D eigenvalue weighted by atomic mass is 10.1. The fraction of sp³-hybridized carbons (Fsp3) is 0.833. The first-order chi connectivity index (χ1) is 7.45. The summed E-state index contributed by atoms with van der Waals surface area (Å²) in [6, 6.07) is 0. The number of hydrogen-bond acceptors (Lipinski definition) is 1. The maximum Gasteiger partial charge on any atom is 0.411 e. The summed E-state index contributed by atoms with van der Waals surface area (Å²) in [5.41, 5.74) is 1.24. The minimum atomic E-state index is -4.21. The lowest BCUT2D eigenvalue weighted by Gasteiger charge is -2.06. The number of alkyl halides is 3. The van der Waals surface area contributed by atoms with Crippen molar-refractivity contribution in [2.24, 2.45) is 0 Å². The van der Waals surface area contributed by atoms with Gasteiger partial charge in [0.05, 0.1) is 6.61 Å². The van der Waals surface area contributed by atoms with Gasteiger partial charge in [0, 0.05) is 0 Å². The van der Waals surface area contributed by atoms with E-state index in [1.54, 1.807) is 0 Å². The number of allylic oxidation sites excluding steroid dienone is 1. The molecule has 1 nitrogen and oxygen atoms in total. The minimum absolute atomic E-state index is 0.143. The van der Waals surface area contributed by atoms with E-state index in [1.165, 1.54) is 18.4 Å². The number of halogens is 3. The van der Waals surface area contributed by atoms with Crippen LogP contribution in [-0.2, 0) is 4.74 Å². The average Bonchev–Trinajstić information content (AvgIpc) is 2.16. The third-order valence-electron chi connectivity index (χ3n) is 2.20. The molecule has 0 fully saturated rings. The highest BCUT2D eigenvalue weighted by Gasteiger charge is 2.26. The minimum Gasteiger partial charge on any atom is -0.372 e. The molecule has 0 aromatic rings. The standard InChI is InChI=1S/C12H21F3O/c1-3-4-5-7-11(2)8-6-9-16-10-12(13,14)15/h8H,3-7,9-10H2,1-2H3/b11-8-. The van der Waals surface area contributed by atoms with Gasteiger partial charge in [-0.25, -0.2) is 0 Å². The summed E-state index contributed by atoms with van der Waals surface area (Å²) in [6.07, 6.45) is 2.90. The Kier molecular flexibility index (Phi) is 8.35. The topological polar surface area (TPSA) is 9.23 Å². The van der Waals surface area contributed by atoms with Crippen LogP contribution in [0.25, 0.3) is 0 Å². The third kappa shape index (κ3) is 11.6. The molecular formula is C12H21F3O. The van der Waals surface area contributed by atoms with Crippen molar-refractivity contribution >= 4 is 0 Å². The molecule has 0 rings (SSSR count). The van der Waals surface area contributed by atoms with Crippen LogP contribution in [0.1, 0.15) is 46.0 Å². The van der Waals surface area contributed by atoms with Crippen LogP contribution in [0.3, 0.4) is 0 Å². The fourth-order valence-corrected chi connectivity index (χ4v) is 1.33. The van der Waals surface area contributed by atoms with Crippen molar-refractivity contribution in [3.8, 4) is 0 Å². The van der Waals surface area contributed by atoms with E-state index in [0.717, 1.165) is 12.8 Å². The number of hydrogen-bond donors (Lipinski definition) is 0. The Balaban J connectivity index is 3.44. The highest BCUT2D eigenvalue weighted by Crippen LogP contribution is 2.14. The Hall–Kier alpha value is -0.510. The van der Waals surface area contributed by atoms with Crippen LogP contribution in [0.4, 0.5) is 13.2 Å². The van der Waals surface area contributed by atoms with Crippen molar-refractivity contribution in [3.63, 3.8) is 0 Å². The third-order valence-corrected chi connectivity index (χ3v) is 2.20. The Labute approximate surface area is 95.7 Å². The summed E-state index contributed by atoms with van der Waals surface area (Å²) >= 11 is 0. The molecule has 0 saturated carbocycles. The van der Waals surface area contributed by atoms with Crippen LogP contribution in [0, 0.1) is 0 Å². The maximum absolute atomic E-state index is 11.7. The Bertz CT molecular complexity index is 197. The van der Waals surface area contributed by atoms with Crippen LogP contribution in [0.2, 0.25) is 0 Å². The summed E-state index contributed by atoms with van der Waals surface area (Å²) < 4.78 is 39.6. The molecule has 0 amide bonds. The van der Waals surface area contributed by atoms with Gasteiger partial charge in [0.25, 0.3) is 0 Å². The molecule has 0 bridgehead atoms. The Morgan fingerprint density at radius 2 is 1.94 bits per heavy atom. The van der Waals surface area contributed by atoms with Gasteiger partial charge >= 0.3 is 6.18 Å². The van der Waals surface area contributed by atoms with Crippen LogP contribution < -0.4 is 0 Å². The molecule has 0 aliphatic heterocycles. The first-order valence-electron chi connectivity index (χ1n) is 5.76. The van der Waals surface area contributed by atoms with Crippen molar-refractivity contribution in [2.75, 3.05) is 13.2 Å². The Morgan fingerprint density at radius 3 is 2.50 bits per heavy atom. The summed E-state index contributed by atoms with van der Waals surface area (Å²) in [5.74, 6) is 0. The maximum atomic E-state index is 11.7. The molecule has 0 aromatic heterocycles. The second kappa shape index (κ2) is 8.62. The number of ether oxygens (including phenoxy) is 1. The summed E-state index contributed by atoms with van der Waals surface area (Å²) in [7, 11) is 0. The van der Waals surface area contributed by atoms with Gasteiger partial charge in [-0.3, -0.25) is 0 Å². The summed E-state index contributed by atoms with van der Waals surface area (Å²) in [6.45, 7) is 3.16. The second-order valence-electron chi connectivity index (χ2n) is 3.96. The normalized spacial score (nSPS) is 13.2. The molecular weight excluding hydrogens is 217 g/mol. The van der Waals surface area contributed by atoms with Crippen molar-refractivity contribution in [1.82, 2.24) is 0 Å². The van der Waals surface area contributed by atoms with E-state index in [-0.39, 0.29) is 6.61 Å². The molecule has 0 radical (unpaired) electrons. The van der Waals surface area contributed by atoms with Crippen molar-refractivity contribution in [1.29, 1.82) is 0 Å². The predicted molar refractivity (Wildman–Crippen MR) is 59.4 cm³/mol. The van der Waals surface area contributed by atoms with Gasteiger partial charge in [-0.15, -0.1) is 0 Å². The molecule has 0 atom stereocenters. The molecule has 16 heavy (non-hydrogen) atoms. The number of rotatable bonds is 8. The zero-order valence-corrected chi connectivity index (χ0v) is 10.1. The largest absolute Gasteiger partial charge is 0.411 e. The molecule has 0 N–H and O–H groups in total. The number of unbranched alkanes of at least 4 members (excludes halogenated alkanes) is 2. The van der Waals surface area contributed by atoms with Crippen molar-refractivity contribution in [3.05, 3.63) is 11.6 Å². The van der Waals surface area contributed by atoms with Gasteiger partial charge in [-0.05, 0) is 26.2 Å². The molecule has 0 spiro atoms. The average molecular weight is 238 g/mol. The predicted octanol–water partition coefficient (Wildman–Crippen LogP) is 4.48. The molecule has 0 heterocycles. The first kappa shape index (κ1) is 15.5. The van der Waals surface area contributed by atoms with E-state index < -0.39 is 12.8 Å². The summed E-state index contributed by atoms with van der Waals surface area (Å²) in [5, 5.41) is 0. The lowest BCUT2D eigenvalue weighted by molar-refractivity contribution is -0.173. The van der Waals surface area contributed by atoms with E-state index in [4.69, 9.17) is 0 Å². The van der Waals surface area contributed by atoms with Crippen LogP contribution in [-0.4, -0.2) is 19.4 Å². The molecule has 0 unspecified atom stereocenters. The highest BCUT2D eigenvalue weighted by molar-refractivity contribution is 4.97. The second-order valence-corrected chi connectivity index (χ2v) is 3.96. The quantitative estimate of drug-likeness (QED) is 0.447. The van der Waals surface area contributed by atoms with Crippen molar-refractivity contribution in [2.45, 2.75) is 52.1 Å². The van der Waals surface area contributed by atoms with Gasteiger partial charge in [-0.1, -0.05) is 31.4 Å². The van der Waals surface area contributed by atoms with Gasteiger partial charge in [0.15, 0.2) is 0 Å². The first-order valence-corrected chi connectivity index (χ1v) is 5.76. The SMILES string of the molecule is CCCCC/C(C)=C\CCOCC(F)(F)F. The van der Waals surface area contributed by atoms with E-state index in [2.05, 4.69) is 11.7 Å². The highest BCUT2D eigenvalue weighted by atomic mass is 19.4. The van der Waals surface area contributed by atoms with Gasteiger partial charge in [0.1, 0.15) is 6.61 Å². The molecule has 96 valence electrons.